The highest BCUT2D eigenvalue weighted by Crippen LogP contribution is 2.14. The first kappa shape index (κ1) is 13.3. The number of aryl methyl sites for hydroxylation is 3. The number of amides is 1. The fraction of sp³-hybridized carbons (Fsp3) is 0.333. The maximum absolute atomic E-state index is 11.8. The molecule has 4 nitrogen and oxygen atoms in total. The molecule has 19 heavy (non-hydrogen) atoms. The Balaban J connectivity index is 1.88. The first-order valence-corrected chi connectivity index (χ1v) is 6.43. The third-order valence-corrected chi connectivity index (χ3v) is 3.27. The Kier molecular flexibility index (Phi) is 4.00. The Labute approximate surface area is 113 Å². The van der Waals surface area contributed by atoms with E-state index in [1.807, 2.05) is 13.8 Å². The lowest BCUT2D eigenvalue weighted by molar-refractivity contribution is -0.116. The highest BCUT2D eigenvalue weighted by Gasteiger charge is 2.09. The summed E-state index contributed by atoms with van der Waals surface area (Å²) >= 11 is 0. The minimum absolute atomic E-state index is 0.00447. The third kappa shape index (κ3) is 3.44. The quantitative estimate of drug-likeness (QED) is 0.884. The van der Waals surface area contributed by atoms with Gasteiger partial charge in [-0.3, -0.25) is 9.89 Å². The SMILES string of the molecule is Cc1ccc(CCC(=O)Nc2n[nH]c(C)c2C)cc1. The molecule has 0 fully saturated rings. The van der Waals surface area contributed by atoms with Gasteiger partial charge in [-0.2, -0.15) is 5.10 Å². The van der Waals surface area contributed by atoms with E-state index in [0.29, 0.717) is 12.2 Å². The Hall–Kier alpha value is -2.10. The maximum Gasteiger partial charge on any atom is 0.225 e. The van der Waals surface area contributed by atoms with Crippen LogP contribution in [0.1, 0.15) is 28.8 Å². The number of carbonyl (C=O) groups excluding carboxylic acids is 1. The number of nitrogens with one attached hydrogen (secondary N) is 2. The topological polar surface area (TPSA) is 57.8 Å². The van der Waals surface area contributed by atoms with Crippen molar-refractivity contribution in [2.24, 2.45) is 0 Å². The number of aromatic amines is 1. The molecule has 4 heteroatoms. The van der Waals surface area contributed by atoms with Crippen molar-refractivity contribution in [1.29, 1.82) is 0 Å². The van der Waals surface area contributed by atoms with E-state index in [0.717, 1.165) is 17.7 Å². The first-order valence-electron chi connectivity index (χ1n) is 6.43. The van der Waals surface area contributed by atoms with E-state index in [1.165, 1.54) is 11.1 Å². The molecule has 0 atom stereocenters. The van der Waals surface area contributed by atoms with Crippen LogP contribution in [0, 0.1) is 20.8 Å². The molecule has 1 heterocycles. The van der Waals surface area contributed by atoms with Crippen LogP contribution in [0.25, 0.3) is 0 Å². The van der Waals surface area contributed by atoms with Gasteiger partial charge in [-0.25, -0.2) is 0 Å². The van der Waals surface area contributed by atoms with Gasteiger partial charge >= 0.3 is 0 Å². The molecule has 0 spiro atoms. The molecule has 0 saturated heterocycles. The molecular weight excluding hydrogens is 238 g/mol. The van der Waals surface area contributed by atoms with Crippen LogP contribution in [-0.2, 0) is 11.2 Å². The summed E-state index contributed by atoms with van der Waals surface area (Å²) in [6.45, 7) is 5.93. The van der Waals surface area contributed by atoms with E-state index in [1.54, 1.807) is 0 Å². The van der Waals surface area contributed by atoms with Crippen molar-refractivity contribution in [2.75, 3.05) is 5.32 Å². The zero-order chi connectivity index (χ0) is 13.8. The fourth-order valence-electron chi connectivity index (χ4n) is 1.81. The first-order chi connectivity index (χ1) is 9.06. The van der Waals surface area contributed by atoms with Gasteiger partial charge in [0.1, 0.15) is 0 Å². The lowest BCUT2D eigenvalue weighted by Gasteiger charge is -2.04. The van der Waals surface area contributed by atoms with Crippen LogP contribution in [0.5, 0.6) is 0 Å². The maximum atomic E-state index is 11.8. The highest BCUT2D eigenvalue weighted by molar-refractivity contribution is 5.90. The Morgan fingerprint density at radius 3 is 2.47 bits per heavy atom. The minimum atomic E-state index is -0.00447. The number of hydrogen-bond acceptors (Lipinski definition) is 2. The zero-order valence-corrected chi connectivity index (χ0v) is 11.6. The van der Waals surface area contributed by atoms with Crippen LogP contribution in [0.2, 0.25) is 0 Å². The van der Waals surface area contributed by atoms with E-state index >= 15 is 0 Å². The molecule has 2 rings (SSSR count). The summed E-state index contributed by atoms with van der Waals surface area (Å²) in [4.78, 5) is 11.8. The van der Waals surface area contributed by atoms with Crippen molar-refractivity contribution in [3.8, 4) is 0 Å². The molecule has 2 N–H and O–H groups in total. The Morgan fingerprint density at radius 2 is 1.89 bits per heavy atom. The van der Waals surface area contributed by atoms with Gasteiger partial charge in [0.15, 0.2) is 5.82 Å². The molecule has 0 aliphatic heterocycles. The van der Waals surface area contributed by atoms with Crippen LogP contribution in [-0.4, -0.2) is 16.1 Å². The van der Waals surface area contributed by atoms with Gasteiger partial charge in [-0.1, -0.05) is 29.8 Å². The monoisotopic (exact) mass is 257 g/mol. The summed E-state index contributed by atoms with van der Waals surface area (Å²) < 4.78 is 0. The number of H-pyrrole nitrogens is 1. The molecule has 100 valence electrons. The summed E-state index contributed by atoms with van der Waals surface area (Å²) in [5.74, 6) is 0.626. The van der Waals surface area contributed by atoms with Gasteiger partial charge in [0, 0.05) is 17.7 Å². The Bertz CT molecular complexity index is 570. The summed E-state index contributed by atoms with van der Waals surface area (Å²) in [5.41, 5.74) is 4.38. The van der Waals surface area contributed by atoms with Crippen LogP contribution < -0.4 is 5.32 Å². The smallest absolute Gasteiger partial charge is 0.225 e. The molecule has 1 amide bonds. The number of benzene rings is 1. The normalized spacial score (nSPS) is 10.5. The van der Waals surface area contributed by atoms with Crippen molar-refractivity contribution in [2.45, 2.75) is 33.6 Å². The molecule has 0 unspecified atom stereocenters. The van der Waals surface area contributed by atoms with Crippen LogP contribution >= 0.6 is 0 Å². The van der Waals surface area contributed by atoms with Crippen LogP contribution in [0.3, 0.4) is 0 Å². The molecule has 0 saturated carbocycles. The lowest BCUT2D eigenvalue weighted by Crippen LogP contribution is -2.13. The Morgan fingerprint density at radius 1 is 1.21 bits per heavy atom. The van der Waals surface area contributed by atoms with Crippen molar-refractivity contribution in [3.05, 3.63) is 46.6 Å². The zero-order valence-electron chi connectivity index (χ0n) is 11.6. The number of hydrogen-bond donors (Lipinski definition) is 2. The van der Waals surface area contributed by atoms with Gasteiger partial charge in [-0.05, 0) is 32.8 Å². The number of anilines is 1. The second-order valence-electron chi connectivity index (χ2n) is 4.86. The highest BCUT2D eigenvalue weighted by atomic mass is 16.1. The molecule has 1 aromatic carbocycles. The van der Waals surface area contributed by atoms with Crippen LogP contribution in [0.4, 0.5) is 5.82 Å². The lowest BCUT2D eigenvalue weighted by atomic mass is 10.1. The van der Waals surface area contributed by atoms with E-state index in [4.69, 9.17) is 0 Å². The fourth-order valence-corrected chi connectivity index (χ4v) is 1.81. The molecule has 1 aromatic heterocycles. The molecule has 0 bridgehead atoms. The van der Waals surface area contributed by atoms with Gasteiger partial charge in [0.05, 0.1) is 0 Å². The summed E-state index contributed by atoms with van der Waals surface area (Å²) in [7, 11) is 0. The summed E-state index contributed by atoms with van der Waals surface area (Å²) in [6.07, 6.45) is 1.21. The number of carbonyl (C=O) groups is 1. The molecular formula is C15H19N3O. The summed E-state index contributed by atoms with van der Waals surface area (Å²) in [5, 5.41) is 9.75. The number of rotatable bonds is 4. The van der Waals surface area contributed by atoms with Gasteiger partial charge in [0.25, 0.3) is 0 Å². The van der Waals surface area contributed by atoms with Crippen molar-refractivity contribution >= 4 is 11.7 Å². The number of aromatic nitrogens is 2. The van der Waals surface area contributed by atoms with E-state index in [2.05, 4.69) is 46.7 Å². The van der Waals surface area contributed by atoms with Crippen molar-refractivity contribution in [3.63, 3.8) is 0 Å². The standard InChI is InChI=1S/C15H19N3O/c1-10-4-6-13(7-5-10)8-9-14(19)16-15-11(2)12(3)17-18-15/h4-7H,8-9H2,1-3H3,(H2,16,17,18,19). The van der Waals surface area contributed by atoms with E-state index in [-0.39, 0.29) is 5.91 Å². The molecule has 0 aliphatic rings. The second kappa shape index (κ2) is 5.69. The average molecular weight is 257 g/mol. The largest absolute Gasteiger partial charge is 0.309 e. The predicted octanol–water partition coefficient (Wildman–Crippen LogP) is 2.91. The van der Waals surface area contributed by atoms with Crippen LogP contribution in [0.15, 0.2) is 24.3 Å². The van der Waals surface area contributed by atoms with E-state index < -0.39 is 0 Å². The van der Waals surface area contributed by atoms with Crippen molar-refractivity contribution in [1.82, 2.24) is 10.2 Å². The van der Waals surface area contributed by atoms with E-state index in [9.17, 15) is 4.79 Å². The molecule has 0 radical (unpaired) electrons. The number of nitrogens with zero attached hydrogens (tertiary/aromatic N) is 1. The predicted molar refractivity (Wildman–Crippen MR) is 76.2 cm³/mol. The van der Waals surface area contributed by atoms with Crippen molar-refractivity contribution < 1.29 is 4.79 Å². The van der Waals surface area contributed by atoms with Gasteiger partial charge < -0.3 is 5.32 Å². The minimum Gasteiger partial charge on any atom is -0.309 e. The van der Waals surface area contributed by atoms with Gasteiger partial charge in [-0.15, -0.1) is 0 Å². The average Bonchev–Trinajstić information content (AvgIpc) is 2.70. The molecule has 0 aliphatic carbocycles. The molecule has 2 aromatic rings. The second-order valence-corrected chi connectivity index (χ2v) is 4.86. The third-order valence-electron chi connectivity index (χ3n) is 3.27. The van der Waals surface area contributed by atoms with Gasteiger partial charge in [0.2, 0.25) is 5.91 Å². The summed E-state index contributed by atoms with van der Waals surface area (Å²) in [6, 6.07) is 8.25.